The van der Waals surface area contributed by atoms with E-state index >= 15 is 0 Å². The van der Waals surface area contributed by atoms with Crippen molar-refractivity contribution in [2.45, 2.75) is 11.9 Å². The van der Waals surface area contributed by atoms with Gasteiger partial charge in [-0.25, -0.2) is 18.4 Å². The quantitative estimate of drug-likeness (QED) is 0.704. The van der Waals surface area contributed by atoms with E-state index in [1.54, 1.807) is 0 Å². The minimum absolute atomic E-state index is 0.0454. The predicted molar refractivity (Wildman–Crippen MR) is 46.3 cm³/mol. The van der Waals surface area contributed by atoms with Gasteiger partial charge in [0, 0.05) is 6.26 Å². The highest BCUT2D eigenvalue weighted by atomic mass is 32.2. The zero-order chi connectivity index (χ0) is 9.90. The lowest BCUT2D eigenvalue weighted by molar-refractivity contribution is 0.324. The zero-order valence-electron chi connectivity index (χ0n) is 7.39. The molecule has 0 radical (unpaired) electrons. The van der Waals surface area contributed by atoms with Crippen molar-refractivity contribution < 1.29 is 13.2 Å². The molecule has 1 rings (SSSR count). The van der Waals surface area contributed by atoms with Crippen molar-refractivity contribution in [1.29, 1.82) is 0 Å². The number of sulfone groups is 1. The molecule has 0 aliphatic heterocycles. The van der Waals surface area contributed by atoms with Crippen LogP contribution in [0.3, 0.4) is 0 Å². The first-order valence-corrected chi connectivity index (χ1v) is 5.58. The Morgan fingerprint density at radius 3 is 2.46 bits per heavy atom. The molecule has 0 aliphatic carbocycles. The van der Waals surface area contributed by atoms with E-state index in [1.165, 1.54) is 12.4 Å². The van der Waals surface area contributed by atoms with E-state index < -0.39 is 9.84 Å². The monoisotopic (exact) mass is 202 g/mol. The molecular weight excluding hydrogens is 192 g/mol. The van der Waals surface area contributed by atoms with E-state index in [0.29, 0.717) is 12.5 Å². The Labute approximate surface area is 76.7 Å². The van der Waals surface area contributed by atoms with Gasteiger partial charge in [0.2, 0.25) is 5.88 Å². The van der Waals surface area contributed by atoms with Crippen LogP contribution in [0.1, 0.15) is 6.92 Å². The lowest BCUT2D eigenvalue weighted by Crippen LogP contribution is -2.02. The molecule has 0 aromatic carbocycles. The van der Waals surface area contributed by atoms with Crippen LogP contribution in [0, 0.1) is 0 Å². The number of hydrogen-bond acceptors (Lipinski definition) is 5. The molecule has 5 nitrogen and oxygen atoms in total. The summed E-state index contributed by atoms with van der Waals surface area (Å²) in [6, 6.07) is 0. The average Bonchev–Trinajstić information content (AvgIpc) is 2.04. The molecule has 1 aromatic heterocycles. The van der Waals surface area contributed by atoms with Crippen molar-refractivity contribution in [3.05, 3.63) is 12.4 Å². The molecule has 0 N–H and O–H groups in total. The Balaban J connectivity index is 2.94. The van der Waals surface area contributed by atoms with Gasteiger partial charge in [-0.05, 0) is 6.92 Å². The van der Waals surface area contributed by atoms with Crippen molar-refractivity contribution >= 4 is 9.84 Å². The topological polar surface area (TPSA) is 69.2 Å². The maximum atomic E-state index is 11.0. The molecule has 13 heavy (non-hydrogen) atoms. The summed E-state index contributed by atoms with van der Waals surface area (Å²) in [5, 5.41) is -0.0454. The fourth-order valence-electron chi connectivity index (χ4n) is 0.718. The molecule has 0 saturated heterocycles. The highest BCUT2D eigenvalue weighted by Gasteiger charge is 2.08. The van der Waals surface area contributed by atoms with Crippen LogP contribution in [0.4, 0.5) is 0 Å². The Kier molecular flexibility index (Phi) is 2.82. The SMILES string of the molecule is CCOc1cnc(S(C)(=O)=O)cn1. The summed E-state index contributed by atoms with van der Waals surface area (Å²) < 4.78 is 26.9. The van der Waals surface area contributed by atoms with E-state index in [9.17, 15) is 8.42 Å². The minimum atomic E-state index is -3.26. The smallest absolute Gasteiger partial charge is 0.232 e. The first-order chi connectivity index (χ1) is 6.04. The number of aromatic nitrogens is 2. The first kappa shape index (κ1) is 9.91. The van der Waals surface area contributed by atoms with Gasteiger partial charge >= 0.3 is 0 Å². The minimum Gasteiger partial charge on any atom is -0.477 e. The summed E-state index contributed by atoms with van der Waals surface area (Å²) >= 11 is 0. The van der Waals surface area contributed by atoms with Crippen molar-refractivity contribution in [1.82, 2.24) is 9.97 Å². The summed E-state index contributed by atoms with van der Waals surface area (Å²) in [6.45, 7) is 2.29. The second kappa shape index (κ2) is 3.69. The maximum Gasteiger partial charge on any atom is 0.232 e. The fourth-order valence-corrected chi connectivity index (χ4v) is 1.21. The Morgan fingerprint density at radius 1 is 1.38 bits per heavy atom. The Morgan fingerprint density at radius 2 is 2.08 bits per heavy atom. The summed E-state index contributed by atoms with van der Waals surface area (Å²) in [7, 11) is -3.26. The standard InChI is InChI=1S/C7H10N2O3S/c1-3-12-6-4-9-7(5-8-6)13(2,10)11/h4-5H,3H2,1-2H3. The van der Waals surface area contributed by atoms with Crippen molar-refractivity contribution in [2.24, 2.45) is 0 Å². The summed E-state index contributed by atoms with van der Waals surface area (Å²) in [5.41, 5.74) is 0. The number of rotatable bonds is 3. The third-order valence-electron chi connectivity index (χ3n) is 1.28. The van der Waals surface area contributed by atoms with Crippen LogP contribution in [0.2, 0.25) is 0 Å². The molecule has 0 amide bonds. The van der Waals surface area contributed by atoms with Crippen molar-refractivity contribution in [3.8, 4) is 5.88 Å². The van der Waals surface area contributed by atoms with Crippen LogP contribution >= 0.6 is 0 Å². The van der Waals surface area contributed by atoms with Crippen molar-refractivity contribution in [3.63, 3.8) is 0 Å². The molecule has 0 atom stereocenters. The molecule has 0 aliphatic rings. The highest BCUT2D eigenvalue weighted by molar-refractivity contribution is 7.90. The summed E-state index contributed by atoms with van der Waals surface area (Å²) in [5.74, 6) is 0.329. The molecule has 0 fully saturated rings. The second-order valence-electron chi connectivity index (χ2n) is 2.40. The average molecular weight is 202 g/mol. The Bertz CT molecular complexity index is 371. The molecule has 0 saturated carbocycles. The number of hydrogen-bond donors (Lipinski definition) is 0. The second-order valence-corrected chi connectivity index (χ2v) is 4.36. The summed E-state index contributed by atoms with van der Waals surface area (Å²) in [4.78, 5) is 7.46. The van der Waals surface area contributed by atoms with Crippen LogP contribution in [-0.2, 0) is 9.84 Å². The molecule has 0 spiro atoms. The number of ether oxygens (including phenoxy) is 1. The van der Waals surface area contributed by atoms with Gasteiger partial charge in [-0.3, -0.25) is 0 Å². The van der Waals surface area contributed by atoms with Gasteiger partial charge in [-0.1, -0.05) is 0 Å². The largest absolute Gasteiger partial charge is 0.477 e. The van der Waals surface area contributed by atoms with Gasteiger partial charge < -0.3 is 4.74 Å². The molecule has 6 heteroatoms. The first-order valence-electron chi connectivity index (χ1n) is 3.69. The lowest BCUT2D eigenvalue weighted by atomic mass is 10.7. The molecule has 0 bridgehead atoms. The maximum absolute atomic E-state index is 11.0. The highest BCUT2D eigenvalue weighted by Crippen LogP contribution is 2.07. The van der Waals surface area contributed by atoms with Gasteiger partial charge in [0.25, 0.3) is 0 Å². The van der Waals surface area contributed by atoms with Gasteiger partial charge in [0.1, 0.15) is 0 Å². The predicted octanol–water partition coefficient (Wildman–Crippen LogP) is 0.279. The number of nitrogens with zero attached hydrogens (tertiary/aromatic N) is 2. The molecule has 1 heterocycles. The van der Waals surface area contributed by atoms with Gasteiger partial charge in [-0.2, -0.15) is 0 Å². The molecule has 1 aromatic rings. The van der Waals surface area contributed by atoms with Crippen LogP contribution in [0.5, 0.6) is 5.88 Å². The molecule has 0 unspecified atom stereocenters. The molecule has 72 valence electrons. The molecular formula is C7H10N2O3S. The summed E-state index contributed by atoms with van der Waals surface area (Å²) in [6.07, 6.45) is 3.55. The van der Waals surface area contributed by atoms with E-state index in [-0.39, 0.29) is 5.03 Å². The van der Waals surface area contributed by atoms with Crippen molar-refractivity contribution in [2.75, 3.05) is 12.9 Å². The zero-order valence-corrected chi connectivity index (χ0v) is 8.21. The van der Waals surface area contributed by atoms with E-state index in [4.69, 9.17) is 4.74 Å². The van der Waals surface area contributed by atoms with Gasteiger partial charge in [0.05, 0.1) is 19.0 Å². The van der Waals surface area contributed by atoms with E-state index in [2.05, 4.69) is 9.97 Å². The Hall–Kier alpha value is -1.17. The van der Waals surface area contributed by atoms with Gasteiger partial charge in [-0.15, -0.1) is 0 Å². The third-order valence-corrected chi connectivity index (χ3v) is 2.25. The van der Waals surface area contributed by atoms with Crippen LogP contribution in [0.15, 0.2) is 17.4 Å². The van der Waals surface area contributed by atoms with E-state index in [1.807, 2.05) is 6.92 Å². The lowest BCUT2D eigenvalue weighted by Gasteiger charge is -2.00. The third kappa shape index (κ3) is 2.66. The fraction of sp³-hybridized carbons (Fsp3) is 0.429. The van der Waals surface area contributed by atoms with E-state index in [0.717, 1.165) is 6.26 Å². The van der Waals surface area contributed by atoms with Crippen LogP contribution in [-0.4, -0.2) is 31.2 Å². The normalized spacial score (nSPS) is 11.2. The van der Waals surface area contributed by atoms with Crippen LogP contribution in [0.25, 0.3) is 0 Å². The van der Waals surface area contributed by atoms with Gasteiger partial charge in [0.15, 0.2) is 14.9 Å². The van der Waals surface area contributed by atoms with Crippen LogP contribution < -0.4 is 4.74 Å².